The predicted molar refractivity (Wildman–Crippen MR) is 128 cm³/mol. The maximum absolute atomic E-state index is 14.7. The van der Waals surface area contributed by atoms with Gasteiger partial charge >= 0.3 is 6.18 Å². The number of piperidine rings is 1. The van der Waals surface area contributed by atoms with E-state index in [4.69, 9.17) is 4.98 Å². The summed E-state index contributed by atoms with van der Waals surface area (Å²) >= 11 is 3.52. The number of amides is 1. The standard InChI is InChI=1S/C22H22BrF4N7O/c1-4-16(35)31-18-11(2)5-15-19(17(18)23)32-21(33(15)3)34-9-13(24)6-14(10-34)30-20-28-7-12(8-29-20)22(25,26)27/h4-5,7-8,13-14H,1,6,9-10H2,2-3H3,(H,31,35)(H,28,29,30)/t13-,14-/m1/s1. The number of aromatic nitrogens is 4. The van der Waals surface area contributed by atoms with Crippen molar-refractivity contribution in [3.63, 3.8) is 0 Å². The van der Waals surface area contributed by atoms with E-state index < -0.39 is 24.0 Å². The first-order valence-corrected chi connectivity index (χ1v) is 11.4. The zero-order chi connectivity index (χ0) is 25.5. The van der Waals surface area contributed by atoms with Gasteiger partial charge in [0.15, 0.2) is 0 Å². The summed E-state index contributed by atoms with van der Waals surface area (Å²) in [5.41, 5.74) is 1.77. The van der Waals surface area contributed by atoms with Crippen LogP contribution in [0.4, 0.5) is 35.1 Å². The molecule has 2 aromatic heterocycles. The summed E-state index contributed by atoms with van der Waals surface area (Å²) < 4.78 is 55.4. The van der Waals surface area contributed by atoms with Crippen LogP contribution >= 0.6 is 15.9 Å². The quantitative estimate of drug-likeness (QED) is 0.353. The van der Waals surface area contributed by atoms with E-state index in [1.807, 2.05) is 24.6 Å². The molecule has 8 nitrogen and oxygen atoms in total. The van der Waals surface area contributed by atoms with Crippen LogP contribution < -0.4 is 15.5 Å². The van der Waals surface area contributed by atoms with Crippen molar-refractivity contribution in [2.45, 2.75) is 31.7 Å². The SMILES string of the molecule is C=CC(=O)Nc1c(C)cc2c(nc(N3C[C@H](F)C[C@@H](Nc4ncc(C(F)(F)F)cn4)C3)n2C)c1Br. The number of carbonyl (C=O) groups excluding carboxylic acids is 1. The van der Waals surface area contributed by atoms with Crippen LogP contribution in [-0.4, -0.2) is 50.7 Å². The summed E-state index contributed by atoms with van der Waals surface area (Å²) in [5.74, 6) is 0.137. The lowest BCUT2D eigenvalue weighted by Gasteiger charge is -2.35. The number of fused-ring (bicyclic) bond motifs is 1. The maximum Gasteiger partial charge on any atom is 0.419 e. The second-order valence-electron chi connectivity index (χ2n) is 8.29. The molecule has 1 amide bonds. The third-order valence-electron chi connectivity index (χ3n) is 5.72. The predicted octanol–water partition coefficient (Wildman–Crippen LogP) is 4.61. The Balaban J connectivity index is 1.60. The molecule has 1 fully saturated rings. The molecule has 3 heterocycles. The number of imidazole rings is 1. The van der Waals surface area contributed by atoms with Crippen LogP contribution in [0.15, 0.2) is 35.6 Å². The highest BCUT2D eigenvalue weighted by molar-refractivity contribution is 9.10. The molecule has 1 aromatic carbocycles. The molecule has 1 aliphatic heterocycles. The van der Waals surface area contributed by atoms with Crippen molar-refractivity contribution in [3.8, 4) is 0 Å². The molecule has 3 aromatic rings. The number of aryl methyl sites for hydroxylation is 2. The topological polar surface area (TPSA) is 88.0 Å². The van der Waals surface area contributed by atoms with E-state index in [2.05, 4.69) is 43.1 Å². The molecule has 0 bridgehead atoms. The van der Waals surface area contributed by atoms with E-state index in [1.54, 1.807) is 4.90 Å². The van der Waals surface area contributed by atoms with Gasteiger partial charge in [0.05, 0.1) is 27.8 Å². The third-order valence-corrected chi connectivity index (χ3v) is 6.49. The highest BCUT2D eigenvalue weighted by Crippen LogP contribution is 2.37. The first-order valence-electron chi connectivity index (χ1n) is 10.6. The van der Waals surface area contributed by atoms with Crippen LogP contribution in [-0.2, 0) is 18.0 Å². The van der Waals surface area contributed by atoms with Gasteiger partial charge in [-0.3, -0.25) is 4.79 Å². The number of anilines is 3. The smallest absolute Gasteiger partial charge is 0.350 e. The fourth-order valence-electron chi connectivity index (χ4n) is 4.04. The van der Waals surface area contributed by atoms with Gasteiger partial charge in [0.1, 0.15) is 11.7 Å². The van der Waals surface area contributed by atoms with Crippen LogP contribution in [0, 0.1) is 6.92 Å². The fourth-order valence-corrected chi connectivity index (χ4v) is 4.75. The van der Waals surface area contributed by atoms with Gasteiger partial charge < -0.3 is 20.1 Å². The number of carbonyl (C=O) groups is 1. The Kier molecular flexibility index (Phi) is 6.71. The average Bonchev–Trinajstić information content (AvgIpc) is 3.12. The fraction of sp³-hybridized carbons (Fsp3) is 0.364. The second kappa shape index (κ2) is 9.44. The van der Waals surface area contributed by atoms with Crippen molar-refractivity contribution in [2.24, 2.45) is 7.05 Å². The van der Waals surface area contributed by atoms with Crippen molar-refractivity contribution in [3.05, 3.63) is 46.7 Å². The van der Waals surface area contributed by atoms with E-state index in [-0.39, 0.29) is 24.8 Å². The Labute approximate surface area is 206 Å². The Morgan fingerprint density at radius 1 is 1.29 bits per heavy atom. The first-order chi connectivity index (χ1) is 16.5. The number of rotatable bonds is 5. The molecule has 1 saturated heterocycles. The minimum Gasteiger partial charge on any atom is -0.350 e. The van der Waals surface area contributed by atoms with Crippen molar-refractivity contribution in [2.75, 3.05) is 28.6 Å². The molecule has 0 radical (unpaired) electrons. The Morgan fingerprint density at radius 3 is 2.60 bits per heavy atom. The lowest BCUT2D eigenvalue weighted by atomic mass is 10.0. The largest absolute Gasteiger partial charge is 0.419 e. The number of nitrogens with zero attached hydrogens (tertiary/aromatic N) is 5. The molecular formula is C22H22BrF4N7O. The summed E-state index contributed by atoms with van der Waals surface area (Å²) in [6, 6.07) is 1.42. The molecule has 1 aliphatic rings. The van der Waals surface area contributed by atoms with E-state index in [0.717, 1.165) is 11.1 Å². The van der Waals surface area contributed by atoms with E-state index >= 15 is 0 Å². The normalized spacial score (nSPS) is 18.5. The van der Waals surface area contributed by atoms with Crippen LogP contribution in [0.3, 0.4) is 0 Å². The summed E-state index contributed by atoms with van der Waals surface area (Å²) in [7, 11) is 1.81. The van der Waals surface area contributed by atoms with E-state index in [0.29, 0.717) is 40.6 Å². The van der Waals surface area contributed by atoms with Crippen LogP contribution in [0.2, 0.25) is 0 Å². The third kappa shape index (κ3) is 5.09. The van der Waals surface area contributed by atoms with Crippen LogP contribution in [0.5, 0.6) is 0 Å². The number of alkyl halides is 4. The van der Waals surface area contributed by atoms with Gasteiger partial charge in [0.2, 0.25) is 17.8 Å². The number of benzene rings is 1. The molecule has 0 saturated carbocycles. The molecule has 4 rings (SSSR count). The minimum absolute atomic E-state index is 0.0111. The Morgan fingerprint density at radius 2 is 1.97 bits per heavy atom. The zero-order valence-corrected chi connectivity index (χ0v) is 20.4. The van der Waals surface area contributed by atoms with Gasteiger partial charge in [-0.2, -0.15) is 13.2 Å². The molecule has 2 atom stereocenters. The molecule has 186 valence electrons. The average molecular weight is 556 g/mol. The second-order valence-corrected chi connectivity index (χ2v) is 9.08. The molecule has 0 aliphatic carbocycles. The van der Waals surface area contributed by atoms with E-state index in [9.17, 15) is 22.4 Å². The van der Waals surface area contributed by atoms with Crippen molar-refractivity contribution in [1.29, 1.82) is 0 Å². The first kappa shape index (κ1) is 24.9. The monoisotopic (exact) mass is 555 g/mol. The van der Waals surface area contributed by atoms with Gasteiger partial charge in [-0.15, -0.1) is 0 Å². The lowest BCUT2D eigenvalue weighted by Crippen LogP contribution is -2.48. The van der Waals surface area contributed by atoms with Gasteiger partial charge in [0, 0.05) is 38.4 Å². The van der Waals surface area contributed by atoms with Gasteiger partial charge in [-0.1, -0.05) is 6.58 Å². The number of hydrogen-bond donors (Lipinski definition) is 2. The maximum atomic E-state index is 14.7. The molecule has 0 spiro atoms. The molecule has 13 heteroatoms. The molecular weight excluding hydrogens is 534 g/mol. The Hall–Kier alpha value is -3.22. The van der Waals surface area contributed by atoms with Crippen molar-refractivity contribution < 1.29 is 22.4 Å². The van der Waals surface area contributed by atoms with Crippen LogP contribution in [0.1, 0.15) is 17.5 Å². The highest BCUT2D eigenvalue weighted by Gasteiger charge is 2.33. The molecule has 2 N–H and O–H groups in total. The Bertz CT molecular complexity index is 1280. The molecule has 35 heavy (non-hydrogen) atoms. The summed E-state index contributed by atoms with van der Waals surface area (Å²) in [6.07, 6.45) is -3.05. The number of halogens is 5. The number of hydrogen-bond acceptors (Lipinski definition) is 6. The summed E-state index contributed by atoms with van der Waals surface area (Å²) in [4.78, 5) is 25.7. The highest BCUT2D eigenvalue weighted by atomic mass is 79.9. The number of nitrogens with one attached hydrogen (secondary N) is 2. The summed E-state index contributed by atoms with van der Waals surface area (Å²) in [6.45, 7) is 5.74. The zero-order valence-electron chi connectivity index (χ0n) is 18.8. The summed E-state index contributed by atoms with van der Waals surface area (Å²) in [5, 5.41) is 5.69. The van der Waals surface area contributed by atoms with Gasteiger partial charge in [-0.25, -0.2) is 19.3 Å². The van der Waals surface area contributed by atoms with Crippen molar-refractivity contribution in [1.82, 2.24) is 19.5 Å². The van der Waals surface area contributed by atoms with Crippen LogP contribution in [0.25, 0.3) is 11.0 Å². The lowest BCUT2D eigenvalue weighted by molar-refractivity contribution is -0.138. The minimum atomic E-state index is -4.54. The van der Waals surface area contributed by atoms with Crippen molar-refractivity contribution >= 4 is 50.5 Å². The molecule has 0 unspecified atom stereocenters. The van der Waals surface area contributed by atoms with Gasteiger partial charge in [0.25, 0.3) is 0 Å². The van der Waals surface area contributed by atoms with E-state index in [1.165, 1.54) is 6.08 Å². The van der Waals surface area contributed by atoms with Gasteiger partial charge in [-0.05, 0) is 40.6 Å².